The van der Waals surface area contributed by atoms with Gasteiger partial charge in [-0.25, -0.2) is 5.43 Å². The lowest BCUT2D eigenvalue weighted by Gasteiger charge is -2.29. The van der Waals surface area contributed by atoms with E-state index in [1.54, 1.807) is 24.3 Å². The highest BCUT2D eigenvalue weighted by Crippen LogP contribution is 2.26. The van der Waals surface area contributed by atoms with Crippen LogP contribution in [0.25, 0.3) is 0 Å². The number of benzene rings is 1. The van der Waals surface area contributed by atoms with Gasteiger partial charge in [0.2, 0.25) is 0 Å². The summed E-state index contributed by atoms with van der Waals surface area (Å²) in [6.07, 6.45) is -1.27. The van der Waals surface area contributed by atoms with Crippen molar-refractivity contribution >= 4 is 17.6 Å². The van der Waals surface area contributed by atoms with E-state index in [0.29, 0.717) is 10.6 Å². The second-order valence-electron chi connectivity index (χ2n) is 3.61. The number of hydrogen-bond acceptors (Lipinski definition) is 4. The molecule has 1 rings (SSSR count). The molecule has 88 valence electrons. The van der Waals surface area contributed by atoms with Gasteiger partial charge in [-0.2, -0.15) is 0 Å². The number of carboxylic acids is 1. The lowest BCUT2D eigenvalue weighted by Crippen LogP contribution is -2.57. The molecule has 5 nitrogen and oxygen atoms in total. The predicted molar refractivity (Wildman–Crippen MR) is 59.8 cm³/mol. The van der Waals surface area contributed by atoms with Crippen LogP contribution in [0, 0.1) is 0 Å². The summed E-state index contributed by atoms with van der Waals surface area (Å²) in [6.45, 7) is 1.30. The second-order valence-corrected chi connectivity index (χ2v) is 4.04. The maximum atomic E-state index is 11.0. The van der Waals surface area contributed by atoms with E-state index in [1.807, 2.05) is 0 Å². The van der Waals surface area contributed by atoms with Crippen molar-refractivity contribution in [2.45, 2.75) is 18.6 Å². The average Bonchev–Trinajstić information content (AvgIpc) is 2.27. The molecule has 2 unspecified atom stereocenters. The number of aliphatic hydroxyl groups is 1. The van der Waals surface area contributed by atoms with Crippen molar-refractivity contribution in [2.75, 3.05) is 0 Å². The van der Waals surface area contributed by atoms with E-state index in [2.05, 4.69) is 5.43 Å². The number of hydrogen-bond donors (Lipinski definition) is 4. The van der Waals surface area contributed by atoms with Gasteiger partial charge in [-0.15, -0.1) is 0 Å². The Bertz CT molecular complexity index is 382. The maximum absolute atomic E-state index is 11.0. The van der Waals surface area contributed by atoms with Crippen LogP contribution < -0.4 is 11.3 Å². The molecule has 0 aliphatic heterocycles. The number of nitrogens with one attached hydrogen (secondary N) is 1. The molecule has 0 aromatic heterocycles. The molecule has 5 N–H and O–H groups in total. The highest BCUT2D eigenvalue weighted by atomic mass is 35.5. The zero-order chi connectivity index (χ0) is 12.3. The third kappa shape index (κ3) is 2.33. The first-order valence-electron chi connectivity index (χ1n) is 4.56. The standard InChI is InChI=1S/C10H13ClN2O3/c1-10(13-12,9(15)16)8(14)6-2-4-7(11)5-3-6/h2-5,8,13-14H,12H2,1H3,(H,15,16). The number of rotatable bonds is 4. The highest BCUT2D eigenvalue weighted by molar-refractivity contribution is 6.30. The van der Waals surface area contributed by atoms with Crippen molar-refractivity contribution in [2.24, 2.45) is 5.84 Å². The first kappa shape index (κ1) is 12.9. The summed E-state index contributed by atoms with van der Waals surface area (Å²) in [5.74, 6) is 3.92. The van der Waals surface area contributed by atoms with Crippen molar-refractivity contribution in [3.63, 3.8) is 0 Å². The molecule has 0 spiro atoms. The Kier molecular flexibility index (Phi) is 3.88. The average molecular weight is 245 g/mol. The van der Waals surface area contributed by atoms with Crippen LogP contribution in [0.4, 0.5) is 0 Å². The van der Waals surface area contributed by atoms with E-state index in [-0.39, 0.29) is 0 Å². The number of halogens is 1. The van der Waals surface area contributed by atoms with Crippen LogP contribution in [0.15, 0.2) is 24.3 Å². The summed E-state index contributed by atoms with van der Waals surface area (Å²) in [5, 5.41) is 19.4. The number of carbonyl (C=O) groups is 1. The minimum Gasteiger partial charge on any atom is -0.480 e. The van der Waals surface area contributed by atoms with E-state index in [1.165, 1.54) is 6.92 Å². The summed E-state index contributed by atoms with van der Waals surface area (Å²) in [6, 6.07) is 6.23. The van der Waals surface area contributed by atoms with Gasteiger partial charge in [-0.1, -0.05) is 23.7 Å². The summed E-state index contributed by atoms with van der Waals surface area (Å²) < 4.78 is 0. The van der Waals surface area contributed by atoms with Crippen molar-refractivity contribution in [3.05, 3.63) is 34.9 Å². The number of hydrazine groups is 1. The number of aliphatic carboxylic acids is 1. The van der Waals surface area contributed by atoms with Crippen LogP contribution >= 0.6 is 11.6 Å². The van der Waals surface area contributed by atoms with E-state index >= 15 is 0 Å². The Balaban J connectivity index is 3.04. The fraction of sp³-hybridized carbons (Fsp3) is 0.300. The molecule has 16 heavy (non-hydrogen) atoms. The molecule has 0 saturated carbocycles. The first-order chi connectivity index (χ1) is 7.41. The molecule has 0 heterocycles. The Hall–Kier alpha value is -1.14. The zero-order valence-electron chi connectivity index (χ0n) is 8.64. The van der Waals surface area contributed by atoms with Gasteiger partial charge < -0.3 is 10.2 Å². The molecule has 0 aliphatic rings. The van der Waals surface area contributed by atoms with Crippen LogP contribution in [-0.4, -0.2) is 21.7 Å². The molecule has 0 aliphatic carbocycles. The van der Waals surface area contributed by atoms with Crippen LogP contribution in [-0.2, 0) is 4.79 Å². The first-order valence-corrected chi connectivity index (χ1v) is 4.94. The molecular formula is C10H13ClN2O3. The van der Waals surface area contributed by atoms with Gasteiger partial charge in [0.25, 0.3) is 0 Å². The summed E-state index contributed by atoms with van der Waals surface area (Å²) in [5.41, 5.74) is 0.887. The largest absolute Gasteiger partial charge is 0.480 e. The normalized spacial score (nSPS) is 16.5. The van der Waals surface area contributed by atoms with Gasteiger partial charge in [0.15, 0.2) is 5.54 Å². The van der Waals surface area contributed by atoms with E-state index < -0.39 is 17.6 Å². The smallest absolute Gasteiger partial charge is 0.328 e. The minimum atomic E-state index is -1.65. The Morgan fingerprint density at radius 3 is 2.38 bits per heavy atom. The molecule has 0 bridgehead atoms. The number of aliphatic hydroxyl groups excluding tert-OH is 1. The SMILES string of the molecule is CC(NN)(C(=O)O)C(O)c1ccc(Cl)cc1. The monoisotopic (exact) mass is 244 g/mol. The molecule has 6 heteroatoms. The minimum absolute atomic E-state index is 0.423. The molecule has 0 saturated heterocycles. The van der Waals surface area contributed by atoms with Crippen molar-refractivity contribution in [1.82, 2.24) is 5.43 Å². The Morgan fingerprint density at radius 1 is 1.50 bits per heavy atom. The van der Waals surface area contributed by atoms with Crippen LogP contribution in [0.2, 0.25) is 5.02 Å². The Labute approximate surface area is 97.8 Å². The maximum Gasteiger partial charge on any atom is 0.328 e. The second kappa shape index (κ2) is 4.80. The fourth-order valence-corrected chi connectivity index (χ4v) is 1.36. The van der Waals surface area contributed by atoms with Crippen molar-refractivity contribution in [1.29, 1.82) is 0 Å². The molecule has 0 amide bonds. The van der Waals surface area contributed by atoms with Crippen molar-refractivity contribution < 1.29 is 15.0 Å². The van der Waals surface area contributed by atoms with Gasteiger partial charge in [0.1, 0.15) is 6.10 Å². The molecule has 1 aromatic rings. The van der Waals surface area contributed by atoms with Gasteiger partial charge in [0.05, 0.1) is 0 Å². The highest BCUT2D eigenvalue weighted by Gasteiger charge is 2.40. The van der Waals surface area contributed by atoms with Crippen LogP contribution in [0.1, 0.15) is 18.6 Å². The summed E-state index contributed by atoms with van der Waals surface area (Å²) in [7, 11) is 0. The fourth-order valence-electron chi connectivity index (χ4n) is 1.24. The van der Waals surface area contributed by atoms with Gasteiger partial charge in [0, 0.05) is 5.02 Å². The summed E-state index contributed by atoms with van der Waals surface area (Å²) in [4.78, 5) is 11.0. The van der Waals surface area contributed by atoms with E-state index in [9.17, 15) is 9.90 Å². The molecule has 0 radical (unpaired) electrons. The molecular weight excluding hydrogens is 232 g/mol. The number of nitrogens with two attached hydrogens (primary N) is 1. The van der Waals surface area contributed by atoms with E-state index in [0.717, 1.165) is 0 Å². The van der Waals surface area contributed by atoms with Gasteiger partial charge in [-0.05, 0) is 24.6 Å². The lowest BCUT2D eigenvalue weighted by molar-refractivity contribution is -0.149. The third-order valence-electron chi connectivity index (χ3n) is 2.48. The van der Waals surface area contributed by atoms with Gasteiger partial charge >= 0.3 is 5.97 Å². The lowest BCUT2D eigenvalue weighted by atomic mass is 9.90. The topological polar surface area (TPSA) is 95.6 Å². The van der Waals surface area contributed by atoms with E-state index in [4.69, 9.17) is 22.6 Å². The van der Waals surface area contributed by atoms with Crippen molar-refractivity contribution in [3.8, 4) is 0 Å². The molecule has 1 aromatic carbocycles. The van der Waals surface area contributed by atoms with Crippen LogP contribution in [0.3, 0.4) is 0 Å². The van der Waals surface area contributed by atoms with Crippen LogP contribution in [0.5, 0.6) is 0 Å². The Morgan fingerprint density at radius 2 is 2.00 bits per heavy atom. The molecule has 0 fully saturated rings. The third-order valence-corrected chi connectivity index (χ3v) is 2.73. The number of carboxylic acid groups (broad SMARTS) is 1. The zero-order valence-corrected chi connectivity index (χ0v) is 9.40. The van der Waals surface area contributed by atoms with Gasteiger partial charge in [-0.3, -0.25) is 10.6 Å². The quantitative estimate of drug-likeness (QED) is 0.462. The molecule has 2 atom stereocenters. The predicted octanol–water partition coefficient (Wildman–Crippen LogP) is 0.680. The summed E-state index contributed by atoms with van der Waals surface area (Å²) >= 11 is 5.69.